The fraction of sp³-hybridized carbons (Fsp3) is 0.357. The van der Waals surface area contributed by atoms with Gasteiger partial charge in [0.15, 0.2) is 5.69 Å². The monoisotopic (exact) mass is 499 g/mol. The lowest BCUT2D eigenvalue weighted by Crippen LogP contribution is -2.35. The Balaban J connectivity index is 1.37. The quantitative estimate of drug-likeness (QED) is 0.367. The molecular formula is C28H33N7O2. The van der Waals surface area contributed by atoms with E-state index in [0.29, 0.717) is 24.6 Å². The number of aliphatic imine (C=N–C) groups is 1. The van der Waals surface area contributed by atoms with Crippen molar-refractivity contribution >= 4 is 40.6 Å². The number of benzene rings is 1. The van der Waals surface area contributed by atoms with Crippen LogP contribution in [-0.2, 0) is 4.74 Å². The highest BCUT2D eigenvalue weighted by Crippen LogP contribution is 2.26. The van der Waals surface area contributed by atoms with Crippen molar-refractivity contribution in [1.29, 1.82) is 0 Å². The van der Waals surface area contributed by atoms with E-state index in [0.717, 1.165) is 59.7 Å². The van der Waals surface area contributed by atoms with Crippen LogP contribution < -0.4 is 10.2 Å². The number of nitrogens with one attached hydrogen (secondary N) is 2. The van der Waals surface area contributed by atoms with Crippen LogP contribution >= 0.6 is 0 Å². The van der Waals surface area contributed by atoms with E-state index in [1.807, 2.05) is 30.3 Å². The Morgan fingerprint density at radius 2 is 1.95 bits per heavy atom. The number of allylic oxidation sites excluding steroid dienone is 2. The molecule has 0 spiro atoms. The largest absolute Gasteiger partial charge is 0.378 e. The number of rotatable bonds is 7. The van der Waals surface area contributed by atoms with Gasteiger partial charge in [0.2, 0.25) is 0 Å². The highest BCUT2D eigenvalue weighted by Gasteiger charge is 2.18. The van der Waals surface area contributed by atoms with Gasteiger partial charge in [0, 0.05) is 55.7 Å². The van der Waals surface area contributed by atoms with Crippen LogP contribution in [0.3, 0.4) is 0 Å². The number of hydrogen-bond acceptors (Lipinski definition) is 7. The molecule has 1 amide bonds. The van der Waals surface area contributed by atoms with Crippen LogP contribution in [0.4, 0.5) is 11.5 Å². The molecule has 192 valence electrons. The molecule has 0 unspecified atom stereocenters. The normalized spacial score (nSPS) is 17.2. The molecule has 3 aromatic rings. The van der Waals surface area contributed by atoms with Gasteiger partial charge in [-0.15, -0.1) is 0 Å². The number of morpholine rings is 1. The summed E-state index contributed by atoms with van der Waals surface area (Å²) in [5, 5.41) is 11.1. The molecule has 0 saturated carbocycles. The van der Waals surface area contributed by atoms with Gasteiger partial charge in [-0.05, 0) is 68.3 Å². The Morgan fingerprint density at radius 3 is 2.73 bits per heavy atom. The van der Waals surface area contributed by atoms with Crippen LogP contribution in [0.5, 0.6) is 0 Å². The van der Waals surface area contributed by atoms with E-state index in [4.69, 9.17) is 4.74 Å². The van der Waals surface area contributed by atoms with Gasteiger partial charge in [-0.2, -0.15) is 5.10 Å². The van der Waals surface area contributed by atoms with Crippen molar-refractivity contribution in [2.75, 3.05) is 49.6 Å². The molecule has 37 heavy (non-hydrogen) atoms. The van der Waals surface area contributed by atoms with E-state index in [2.05, 4.69) is 55.0 Å². The lowest BCUT2D eigenvalue weighted by Gasteiger charge is -2.29. The van der Waals surface area contributed by atoms with Gasteiger partial charge in [0.05, 0.1) is 24.4 Å². The fourth-order valence-corrected chi connectivity index (χ4v) is 4.85. The summed E-state index contributed by atoms with van der Waals surface area (Å²) in [7, 11) is 0. The van der Waals surface area contributed by atoms with Crippen molar-refractivity contribution in [1.82, 2.24) is 20.1 Å². The van der Waals surface area contributed by atoms with Gasteiger partial charge >= 0.3 is 0 Å². The van der Waals surface area contributed by atoms with E-state index in [9.17, 15) is 4.79 Å². The summed E-state index contributed by atoms with van der Waals surface area (Å²) in [5.41, 5.74) is 4.92. The van der Waals surface area contributed by atoms with Gasteiger partial charge in [0.25, 0.3) is 5.91 Å². The number of piperidine rings is 1. The molecule has 4 heterocycles. The second kappa shape index (κ2) is 11.4. The van der Waals surface area contributed by atoms with Crippen molar-refractivity contribution in [3.63, 3.8) is 0 Å². The summed E-state index contributed by atoms with van der Waals surface area (Å²) < 4.78 is 5.48. The molecule has 9 heteroatoms. The molecule has 0 atom stereocenters. The Morgan fingerprint density at radius 1 is 1.14 bits per heavy atom. The van der Waals surface area contributed by atoms with E-state index >= 15 is 0 Å². The summed E-state index contributed by atoms with van der Waals surface area (Å²) in [5.74, 6) is 0.635. The molecule has 0 aliphatic carbocycles. The fourth-order valence-electron chi connectivity index (χ4n) is 4.85. The van der Waals surface area contributed by atoms with Crippen LogP contribution in [0.2, 0.25) is 0 Å². The molecule has 0 radical (unpaired) electrons. The smallest absolute Gasteiger partial charge is 0.276 e. The first-order valence-corrected chi connectivity index (χ1v) is 12.8. The highest BCUT2D eigenvalue weighted by atomic mass is 16.5. The number of hydrogen-bond donors (Lipinski definition) is 2. The summed E-state index contributed by atoms with van der Waals surface area (Å²) in [6.07, 6.45) is 9.21. The number of ether oxygens (including phenoxy) is 1. The zero-order valence-electron chi connectivity index (χ0n) is 21.2. The third-order valence-electron chi connectivity index (χ3n) is 6.88. The van der Waals surface area contributed by atoms with Gasteiger partial charge < -0.3 is 19.9 Å². The maximum atomic E-state index is 13.2. The van der Waals surface area contributed by atoms with Crippen molar-refractivity contribution in [2.45, 2.75) is 26.2 Å². The SMILES string of the molecule is C=N/C=C(\C=C(/C)c1ccc2[nH]nc(C(=O)Nc3ccnc(N4CCCCC4)c3)c2c1)N1CCOCC1. The van der Waals surface area contributed by atoms with Crippen LogP contribution in [0, 0.1) is 0 Å². The van der Waals surface area contributed by atoms with Crippen LogP contribution in [-0.4, -0.2) is 72.1 Å². The van der Waals surface area contributed by atoms with Crippen molar-refractivity contribution in [3.05, 3.63) is 65.8 Å². The Labute approximate surface area is 216 Å². The summed E-state index contributed by atoms with van der Waals surface area (Å²) in [6.45, 7) is 10.7. The number of amides is 1. The number of fused-ring (bicyclic) bond motifs is 1. The number of aromatic nitrogens is 3. The number of pyridine rings is 1. The standard InChI is InChI=1S/C28H33N7O2/c1-20(16-23(19-29-2)34-12-14-37-15-13-34)21-6-7-25-24(17-21)27(33-32-25)28(36)31-22-8-9-30-26(18-22)35-10-4-3-5-11-35/h6-9,16-19H,2-5,10-15H2,1H3,(H,32,33)(H,30,31,36)/b20-16+,23-19+. The first-order valence-electron chi connectivity index (χ1n) is 12.8. The minimum absolute atomic E-state index is 0.259. The van der Waals surface area contributed by atoms with Gasteiger partial charge in [-0.1, -0.05) is 6.07 Å². The second-order valence-electron chi connectivity index (χ2n) is 9.40. The third-order valence-corrected chi connectivity index (χ3v) is 6.88. The maximum absolute atomic E-state index is 13.2. The van der Waals surface area contributed by atoms with Crippen molar-refractivity contribution in [2.24, 2.45) is 4.99 Å². The Kier molecular flexibility index (Phi) is 7.60. The number of H-pyrrole nitrogens is 1. The molecule has 2 aliphatic rings. The van der Waals surface area contributed by atoms with Crippen LogP contribution in [0.25, 0.3) is 16.5 Å². The molecule has 2 fully saturated rings. The highest BCUT2D eigenvalue weighted by molar-refractivity contribution is 6.11. The maximum Gasteiger partial charge on any atom is 0.276 e. The molecule has 5 rings (SSSR count). The Bertz CT molecular complexity index is 1330. The molecule has 2 aliphatic heterocycles. The number of anilines is 2. The zero-order chi connectivity index (χ0) is 25.6. The second-order valence-corrected chi connectivity index (χ2v) is 9.40. The molecule has 9 nitrogen and oxygen atoms in total. The molecule has 2 saturated heterocycles. The van der Waals surface area contributed by atoms with E-state index < -0.39 is 0 Å². The van der Waals surface area contributed by atoms with Crippen molar-refractivity contribution in [3.8, 4) is 0 Å². The Hall–Kier alpha value is -3.98. The van der Waals surface area contributed by atoms with Gasteiger partial charge in [0.1, 0.15) is 5.82 Å². The van der Waals surface area contributed by atoms with Crippen LogP contribution in [0.1, 0.15) is 42.2 Å². The lowest BCUT2D eigenvalue weighted by molar-refractivity contribution is 0.0553. The molecule has 2 aromatic heterocycles. The van der Waals surface area contributed by atoms with E-state index in [1.165, 1.54) is 19.3 Å². The van der Waals surface area contributed by atoms with Gasteiger partial charge in [-0.3, -0.25) is 14.9 Å². The average molecular weight is 500 g/mol. The minimum atomic E-state index is -0.259. The minimum Gasteiger partial charge on any atom is -0.378 e. The first kappa shape index (κ1) is 24.7. The summed E-state index contributed by atoms with van der Waals surface area (Å²) in [6, 6.07) is 9.73. The predicted octanol–water partition coefficient (Wildman–Crippen LogP) is 4.48. The van der Waals surface area contributed by atoms with Crippen LogP contribution in [0.15, 0.2) is 59.5 Å². The number of nitrogens with zero attached hydrogens (tertiary/aromatic N) is 5. The number of aromatic amines is 1. The molecule has 1 aromatic carbocycles. The number of carbonyl (C=O) groups is 1. The topological polar surface area (TPSA) is 98.7 Å². The van der Waals surface area contributed by atoms with Gasteiger partial charge in [-0.25, -0.2) is 4.98 Å². The third kappa shape index (κ3) is 5.72. The first-order chi connectivity index (χ1) is 18.1. The predicted molar refractivity (Wildman–Crippen MR) is 148 cm³/mol. The van der Waals surface area contributed by atoms with Crippen molar-refractivity contribution < 1.29 is 9.53 Å². The van der Waals surface area contributed by atoms with E-state index in [1.54, 1.807) is 12.4 Å². The summed E-state index contributed by atoms with van der Waals surface area (Å²) in [4.78, 5) is 26.3. The molecular weight excluding hydrogens is 466 g/mol. The van der Waals surface area contributed by atoms with E-state index in [-0.39, 0.29) is 5.91 Å². The molecule has 0 bridgehead atoms. The lowest BCUT2D eigenvalue weighted by atomic mass is 10.0. The average Bonchev–Trinajstić information content (AvgIpc) is 3.37. The summed E-state index contributed by atoms with van der Waals surface area (Å²) >= 11 is 0. The zero-order valence-corrected chi connectivity index (χ0v) is 21.2. The molecule has 2 N–H and O–H groups in total. The number of carbonyl (C=O) groups excluding carboxylic acids is 1.